The van der Waals surface area contributed by atoms with Crippen molar-refractivity contribution in [1.82, 2.24) is 10.2 Å². The van der Waals surface area contributed by atoms with E-state index in [0.717, 1.165) is 17.5 Å². The van der Waals surface area contributed by atoms with E-state index in [2.05, 4.69) is 11.4 Å². The Labute approximate surface area is 170 Å². The van der Waals surface area contributed by atoms with Crippen LogP contribution >= 0.6 is 0 Å². The van der Waals surface area contributed by atoms with Crippen molar-refractivity contribution in [3.05, 3.63) is 77.0 Å². The number of hydrogen-bond acceptors (Lipinski definition) is 4. The predicted octanol–water partition coefficient (Wildman–Crippen LogP) is 2.68. The summed E-state index contributed by atoms with van der Waals surface area (Å²) in [5.41, 5.74) is 3.07. The van der Waals surface area contributed by atoms with Crippen molar-refractivity contribution in [2.45, 2.75) is 32.9 Å². The molecule has 1 N–H and O–H groups in total. The number of nitrogens with zero attached hydrogens (tertiary/aromatic N) is 1. The van der Waals surface area contributed by atoms with Crippen molar-refractivity contribution >= 4 is 23.9 Å². The van der Waals surface area contributed by atoms with E-state index in [1.807, 2.05) is 36.4 Å². The molecule has 0 bridgehead atoms. The third-order valence-electron chi connectivity index (χ3n) is 4.72. The fraction of sp³-hybridized carbons (Fsp3) is 0.261. The maximum Gasteiger partial charge on any atom is 0.355 e. The molecule has 0 fully saturated rings. The molecule has 0 unspecified atom stereocenters. The highest BCUT2D eigenvalue weighted by Gasteiger charge is 2.28. The first-order valence-electron chi connectivity index (χ1n) is 9.55. The van der Waals surface area contributed by atoms with E-state index in [1.54, 1.807) is 24.0 Å². The second-order valence-corrected chi connectivity index (χ2v) is 6.98. The summed E-state index contributed by atoms with van der Waals surface area (Å²) in [6.07, 6.45) is 1.34. The number of esters is 1. The van der Waals surface area contributed by atoms with Crippen LogP contribution in [0.25, 0.3) is 6.08 Å². The van der Waals surface area contributed by atoms with Gasteiger partial charge in [-0.1, -0.05) is 54.6 Å². The first-order valence-corrected chi connectivity index (χ1v) is 9.55. The van der Waals surface area contributed by atoms with E-state index in [4.69, 9.17) is 4.74 Å². The molecule has 1 aliphatic rings. The molecule has 150 valence electrons. The van der Waals surface area contributed by atoms with Crippen molar-refractivity contribution in [3.63, 3.8) is 0 Å². The smallest absolute Gasteiger partial charge is 0.355 e. The lowest BCUT2D eigenvalue weighted by Gasteiger charge is -2.30. The number of carbonyl (C=O) groups is 3. The standard InChI is InChI=1S/C23H24N2O4/c1-16(22(27)25-13-12-19-10-6-7-11-20(19)15-25)29-23(28)21(24-17(2)26)14-18-8-4-3-5-9-18/h3-11,14,16H,12-13,15H2,1-2H3,(H,24,26)/b21-14-/t16-/m1/s1. The summed E-state index contributed by atoms with van der Waals surface area (Å²) < 4.78 is 5.38. The lowest BCUT2D eigenvalue weighted by Crippen LogP contribution is -2.43. The molecule has 0 saturated heterocycles. The van der Waals surface area contributed by atoms with Gasteiger partial charge in [-0.15, -0.1) is 0 Å². The lowest BCUT2D eigenvalue weighted by atomic mass is 9.99. The molecular formula is C23H24N2O4. The minimum absolute atomic E-state index is 0.00709. The Morgan fingerprint density at radius 1 is 1.03 bits per heavy atom. The van der Waals surface area contributed by atoms with Gasteiger partial charge in [-0.25, -0.2) is 4.79 Å². The number of hydrogen-bond donors (Lipinski definition) is 1. The van der Waals surface area contributed by atoms with Gasteiger partial charge < -0.3 is 15.0 Å². The molecule has 0 radical (unpaired) electrons. The second-order valence-electron chi connectivity index (χ2n) is 6.98. The van der Waals surface area contributed by atoms with Crippen LogP contribution in [0.3, 0.4) is 0 Å². The number of fused-ring (bicyclic) bond motifs is 1. The third-order valence-corrected chi connectivity index (χ3v) is 4.72. The minimum Gasteiger partial charge on any atom is -0.448 e. The lowest BCUT2D eigenvalue weighted by molar-refractivity contribution is -0.157. The Morgan fingerprint density at radius 3 is 2.38 bits per heavy atom. The van der Waals surface area contributed by atoms with Crippen molar-refractivity contribution < 1.29 is 19.1 Å². The summed E-state index contributed by atoms with van der Waals surface area (Å²) in [5.74, 6) is -1.40. The number of amides is 2. The maximum absolute atomic E-state index is 12.8. The molecule has 1 aliphatic heterocycles. The largest absolute Gasteiger partial charge is 0.448 e. The Kier molecular flexibility index (Phi) is 6.44. The molecule has 1 atom stereocenters. The van der Waals surface area contributed by atoms with E-state index in [-0.39, 0.29) is 11.6 Å². The van der Waals surface area contributed by atoms with Gasteiger partial charge in [-0.2, -0.15) is 0 Å². The van der Waals surface area contributed by atoms with Gasteiger partial charge in [0.2, 0.25) is 5.91 Å². The van der Waals surface area contributed by atoms with Crippen molar-refractivity contribution in [2.75, 3.05) is 6.54 Å². The van der Waals surface area contributed by atoms with Gasteiger partial charge in [0.25, 0.3) is 5.91 Å². The van der Waals surface area contributed by atoms with Crippen LogP contribution in [0.4, 0.5) is 0 Å². The molecular weight excluding hydrogens is 368 g/mol. The van der Waals surface area contributed by atoms with E-state index in [9.17, 15) is 14.4 Å². The fourth-order valence-corrected chi connectivity index (χ4v) is 3.27. The van der Waals surface area contributed by atoms with Gasteiger partial charge in [0.1, 0.15) is 5.70 Å². The zero-order valence-electron chi connectivity index (χ0n) is 16.6. The summed E-state index contributed by atoms with van der Waals surface area (Å²) in [6, 6.07) is 17.1. The predicted molar refractivity (Wildman–Crippen MR) is 109 cm³/mol. The Bertz CT molecular complexity index is 937. The van der Waals surface area contributed by atoms with Gasteiger partial charge in [0.15, 0.2) is 6.10 Å². The highest BCUT2D eigenvalue weighted by atomic mass is 16.5. The van der Waals surface area contributed by atoms with E-state index < -0.39 is 18.0 Å². The van der Waals surface area contributed by atoms with Crippen LogP contribution in [0.5, 0.6) is 0 Å². The average molecular weight is 392 g/mol. The number of ether oxygens (including phenoxy) is 1. The number of nitrogens with one attached hydrogen (secondary N) is 1. The quantitative estimate of drug-likeness (QED) is 0.627. The van der Waals surface area contributed by atoms with Crippen LogP contribution in [-0.4, -0.2) is 35.3 Å². The van der Waals surface area contributed by atoms with Crippen LogP contribution in [0, 0.1) is 0 Å². The zero-order chi connectivity index (χ0) is 20.8. The molecule has 0 spiro atoms. The highest BCUT2D eigenvalue weighted by Crippen LogP contribution is 2.19. The van der Waals surface area contributed by atoms with E-state index in [0.29, 0.717) is 13.1 Å². The topological polar surface area (TPSA) is 75.7 Å². The van der Waals surface area contributed by atoms with Crippen LogP contribution < -0.4 is 5.32 Å². The minimum atomic E-state index is -0.958. The van der Waals surface area contributed by atoms with Crippen LogP contribution in [-0.2, 0) is 32.1 Å². The second kappa shape index (κ2) is 9.19. The van der Waals surface area contributed by atoms with Gasteiger partial charge in [0.05, 0.1) is 0 Å². The fourth-order valence-electron chi connectivity index (χ4n) is 3.27. The van der Waals surface area contributed by atoms with E-state index in [1.165, 1.54) is 18.6 Å². The van der Waals surface area contributed by atoms with E-state index >= 15 is 0 Å². The van der Waals surface area contributed by atoms with Gasteiger partial charge >= 0.3 is 5.97 Å². The van der Waals surface area contributed by atoms with Gasteiger partial charge in [-0.05, 0) is 36.1 Å². The monoisotopic (exact) mass is 392 g/mol. The van der Waals surface area contributed by atoms with Crippen LogP contribution in [0.1, 0.15) is 30.5 Å². The number of carbonyl (C=O) groups excluding carboxylic acids is 3. The molecule has 1 heterocycles. The Morgan fingerprint density at radius 2 is 1.69 bits per heavy atom. The molecule has 2 aromatic carbocycles. The molecule has 29 heavy (non-hydrogen) atoms. The van der Waals surface area contributed by atoms with Gasteiger partial charge in [0, 0.05) is 20.0 Å². The molecule has 0 saturated carbocycles. The number of rotatable bonds is 5. The molecule has 6 heteroatoms. The molecule has 2 amide bonds. The average Bonchev–Trinajstić information content (AvgIpc) is 2.72. The highest BCUT2D eigenvalue weighted by molar-refractivity contribution is 5.98. The summed E-state index contributed by atoms with van der Waals surface area (Å²) in [6.45, 7) is 3.94. The molecule has 6 nitrogen and oxygen atoms in total. The SMILES string of the molecule is CC(=O)N/C(=C\c1ccccc1)C(=O)O[C@H](C)C(=O)N1CCc2ccccc2C1. The first kappa shape index (κ1) is 20.3. The summed E-state index contributed by atoms with van der Waals surface area (Å²) in [4.78, 5) is 38.6. The third kappa shape index (κ3) is 5.31. The molecule has 0 aromatic heterocycles. The van der Waals surface area contributed by atoms with Crippen LogP contribution in [0.15, 0.2) is 60.3 Å². The van der Waals surface area contributed by atoms with Gasteiger partial charge in [-0.3, -0.25) is 9.59 Å². The van der Waals surface area contributed by atoms with Crippen molar-refractivity contribution in [1.29, 1.82) is 0 Å². The first-order chi connectivity index (χ1) is 13.9. The number of benzene rings is 2. The van der Waals surface area contributed by atoms with Crippen LogP contribution in [0.2, 0.25) is 0 Å². The summed E-state index contributed by atoms with van der Waals surface area (Å²) >= 11 is 0. The van der Waals surface area contributed by atoms with Crippen molar-refractivity contribution in [3.8, 4) is 0 Å². The summed E-state index contributed by atoms with van der Waals surface area (Å²) in [7, 11) is 0. The molecule has 0 aliphatic carbocycles. The zero-order valence-corrected chi connectivity index (χ0v) is 16.6. The summed E-state index contributed by atoms with van der Waals surface area (Å²) in [5, 5.41) is 2.49. The van der Waals surface area contributed by atoms with Crippen molar-refractivity contribution in [2.24, 2.45) is 0 Å². The Balaban J connectivity index is 1.68. The maximum atomic E-state index is 12.8. The Hall–Kier alpha value is -3.41. The normalized spacial score (nSPS) is 14.6. The molecule has 3 rings (SSSR count). The molecule has 2 aromatic rings.